The summed E-state index contributed by atoms with van der Waals surface area (Å²) in [5.74, 6) is -4.88. The predicted octanol–water partition coefficient (Wildman–Crippen LogP) is 8.88. The number of nitrogens with zero attached hydrogens (tertiary/aromatic N) is 5. The number of hydrogen-bond donors (Lipinski definition) is 0. The third kappa shape index (κ3) is 8.66. The number of aromatic nitrogens is 5. The summed E-state index contributed by atoms with van der Waals surface area (Å²) < 4.78 is 169. The predicted molar refractivity (Wildman–Crippen MR) is 220 cm³/mol. The Morgan fingerprint density at radius 3 is 2.25 bits per heavy atom. The van der Waals surface area contributed by atoms with Crippen molar-refractivity contribution in [2.45, 2.75) is 105 Å². The molecule has 340 valence electrons. The van der Waals surface area contributed by atoms with Crippen molar-refractivity contribution >= 4 is 48.0 Å². The Morgan fingerprint density at radius 1 is 0.953 bits per heavy atom. The lowest BCUT2D eigenvalue weighted by Gasteiger charge is -2.22. The molecule has 10 nitrogen and oxygen atoms in total. The molecule has 0 N–H and O–H groups in total. The van der Waals surface area contributed by atoms with Crippen LogP contribution in [0.2, 0.25) is 5.02 Å². The Labute approximate surface area is 367 Å². The lowest BCUT2D eigenvalue weighted by molar-refractivity contribution is -0.120. The standard InChI is InChI=1S/C43H38ClF8N5O5S2/c1-42(2,64(61,62)27-5-6-27)11-10-25-4-7-28(29-8-9-32(44)36-33(20-63(3,59)60)54-56(39(29)36)19-34(47)48)37(53-25)22(12-21-13-23(45)16-24(46)14-21)15-26(58)18-57-40-35(38(55-57)41(49)50)30-17-31(30)43(40,51)52/h4,7-9,13-14,16,22,27,30-31,34,41H,5-6,12,15,17-20H2,1-3H3/t22-,30+,31-/m1/s1. The molecule has 3 aromatic heterocycles. The highest BCUT2D eigenvalue weighted by atomic mass is 35.5. The number of alkyl halides is 6. The first-order valence-corrected chi connectivity index (χ1v) is 24.0. The molecule has 0 bridgehead atoms. The van der Waals surface area contributed by atoms with E-state index >= 15 is 8.78 Å². The van der Waals surface area contributed by atoms with E-state index in [2.05, 4.69) is 22.0 Å². The van der Waals surface area contributed by atoms with Crippen LogP contribution in [-0.2, 0) is 55.7 Å². The van der Waals surface area contributed by atoms with Crippen LogP contribution in [-0.4, -0.2) is 69.8 Å². The number of fused-ring (bicyclic) bond motifs is 4. The fraction of sp³-hybridized carbons (Fsp3) is 0.442. The first kappa shape index (κ1) is 45.7. The van der Waals surface area contributed by atoms with E-state index in [1.165, 1.54) is 38.1 Å². The van der Waals surface area contributed by atoms with Crippen molar-refractivity contribution in [3.63, 3.8) is 0 Å². The number of carbonyl (C=O) groups excluding carboxylic acids is 1. The number of ketones is 1. The fourth-order valence-corrected chi connectivity index (χ4v) is 11.5. The number of rotatable bonds is 15. The maximum atomic E-state index is 15.5. The topological polar surface area (TPSA) is 134 Å². The van der Waals surface area contributed by atoms with Crippen molar-refractivity contribution in [2.24, 2.45) is 5.92 Å². The van der Waals surface area contributed by atoms with Crippen LogP contribution in [0.15, 0.2) is 42.5 Å². The van der Waals surface area contributed by atoms with E-state index in [0.717, 1.165) is 23.1 Å². The lowest BCUT2D eigenvalue weighted by atomic mass is 9.86. The summed E-state index contributed by atoms with van der Waals surface area (Å²) in [5, 5.41) is 7.32. The number of hydrogen-bond acceptors (Lipinski definition) is 8. The third-order valence-corrected chi connectivity index (χ3v) is 15.8. The summed E-state index contributed by atoms with van der Waals surface area (Å²) in [7, 11) is -7.55. The highest BCUT2D eigenvalue weighted by Crippen LogP contribution is 2.68. The van der Waals surface area contributed by atoms with Crippen molar-refractivity contribution in [3.8, 4) is 23.0 Å². The van der Waals surface area contributed by atoms with Gasteiger partial charge in [0.2, 0.25) is 0 Å². The SMILES string of the molecule is CC(C)(C#Cc1ccc(-c2ccc(Cl)c3c(CS(C)(=O)=O)nn(CC(F)F)c23)c([C@@H](CC(=O)Cn2nc(C(F)F)c3c2C(F)(F)[C@@H]2C[C@H]32)Cc2cc(F)cc(F)c2)n1)S(=O)(=O)C1CC1. The smallest absolute Gasteiger partial charge is 0.293 e. The van der Waals surface area contributed by atoms with Gasteiger partial charge in [0.05, 0.1) is 32.9 Å². The van der Waals surface area contributed by atoms with Crippen LogP contribution in [0, 0.1) is 29.4 Å². The highest BCUT2D eigenvalue weighted by Gasteiger charge is 2.67. The molecule has 5 aromatic rings. The molecule has 2 saturated carbocycles. The molecule has 2 aromatic carbocycles. The van der Waals surface area contributed by atoms with Gasteiger partial charge in [-0.2, -0.15) is 19.0 Å². The Hall–Kier alpha value is -4.87. The molecule has 0 spiro atoms. The van der Waals surface area contributed by atoms with E-state index in [1.807, 2.05) is 0 Å². The Kier molecular flexibility index (Phi) is 11.6. The molecule has 3 heterocycles. The zero-order chi connectivity index (χ0) is 46.4. The minimum atomic E-state index is -3.82. The first-order chi connectivity index (χ1) is 29.9. The minimum absolute atomic E-state index is 0.00623. The number of sulfone groups is 2. The van der Waals surface area contributed by atoms with Crippen molar-refractivity contribution in [3.05, 3.63) is 98.7 Å². The summed E-state index contributed by atoms with van der Waals surface area (Å²) in [5.41, 5.74) is -2.15. The molecule has 21 heteroatoms. The molecule has 0 saturated heterocycles. The molecule has 8 rings (SSSR count). The zero-order valence-corrected chi connectivity index (χ0v) is 36.5. The first-order valence-electron chi connectivity index (χ1n) is 20.0. The normalized spacial score (nSPS) is 18.6. The Bertz CT molecular complexity index is 3010. The van der Waals surface area contributed by atoms with Crippen LogP contribution in [0.3, 0.4) is 0 Å². The van der Waals surface area contributed by atoms with Gasteiger partial charge in [0.25, 0.3) is 18.8 Å². The van der Waals surface area contributed by atoms with Gasteiger partial charge in [0, 0.05) is 52.7 Å². The van der Waals surface area contributed by atoms with Crippen LogP contribution in [0.4, 0.5) is 35.1 Å². The summed E-state index contributed by atoms with van der Waals surface area (Å²) in [4.78, 5) is 19.0. The van der Waals surface area contributed by atoms with E-state index < -0.39 is 120 Å². The molecule has 0 radical (unpaired) electrons. The fourth-order valence-electron chi connectivity index (χ4n) is 8.71. The van der Waals surface area contributed by atoms with Crippen molar-refractivity contribution < 1.29 is 56.8 Å². The monoisotopic (exact) mass is 955 g/mol. The number of Topliss-reactive ketones (excluding diaryl/α,β-unsaturated/α-hetero) is 1. The van der Waals surface area contributed by atoms with Crippen LogP contribution in [0.1, 0.15) is 97.4 Å². The van der Waals surface area contributed by atoms with Crippen LogP contribution in [0.25, 0.3) is 22.0 Å². The quantitative estimate of drug-likeness (QED) is 0.0751. The maximum Gasteiger partial charge on any atom is 0.293 e. The third-order valence-electron chi connectivity index (χ3n) is 11.8. The summed E-state index contributed by atoms with van der Waals surface area (Å²) in [6, 6.07) is 8.13. The number of pyridine rings is 1. The average molecular weight is 956 g/mol. The summed E-state index contributed by atoms with van der Waals surface area (Å²) in [6.07, 6.45) is -5.44. The lowest BCUT2D eigenvalue weighted by Crippen LogP contribution is -2.33. The van der Waals surface area contributed by atoms with Crippen LogP contribution >= 0.6 is 11.6 Å². The molecule has 64 heavy (non-hydrogen) atoms. The van der Waals surface area contributed by atoms with E-state index in [-0.39, 0.29) is 68.1 Å². The molecule has 0 aliphatic heterocycles. The van der Waals surface area contributed by atoms with Gasteiger partial charge in [-0.3, -0.25) is 14.2 Å². The molecule has 3 atom stereocenters. The van der Waals surface area contributed by atoms with Crippen molar-refractivity contribution in [1.29, 1.82) is 0 Å². The largest absolute Gasteiger partial charge is 0.298 e. The van der Waals surface area contributed by atoms with Gasteiger partial charge in [-0.15, -0.1) is 0 Å². The van der Waals surface area contributed by atoms with Crippen molar-refractivity contribution in [2.75, 3.05) is 6.26 Å². The minimum Gasteiger partial charge on any atom is -0.298 e. The zero-order valence-electron chi connectivity index (χ0n) is 34.2. The van der Waals surface area contributed by atoms with Crippen LogP contribution in [0.5, 0.6) is 0 Å². The number of carbonyl (C=O) groups is 1. The molecule has 0 unspecified atom stereocenters. The average Bonchev–Trinajstić information content (AvgIpc) is 4.10. The van der Waals surface area contributed by atoms with Crippen LogP contribution < -0.4 is 0 Å². The molecular formula is C43H38ClF8N5O5S2. The van der Waals surface area contributed by atoms with Gasteiger partial charge in [-0.25, -0.2) is 48.2 Å². The van der Waals surface area contributed by atoms with Gasteiger partial charge in [-0.05, 0) is 87.3 Å². The molecule has 0 amide bonds. The van der Waals surface area contributed by atoms with E-state index in [1.54, 1.807) is 0 Å². The molecule has 3 aliphatic carbocycles. The van der Waals surface area contributed by atoms with Gasteiger partial charge >= 0.3 is 0 Å². The van der Waals surface area contributed by atoms with E-state index in [4.69, 9.17) is 16.6 Å². The number of benzene rings is 2. The summed E-state index contributed by atoms with van der Waals surface area (Å²) >= 11 is 6.61. The number of halogens is 9. The molecule has 2 fully saturated rings. The second kappa shape index (κ2) is 16.2. The molecule has 3 aliphatic rings. The van der Waals surface area contributed by atoms with Gasteiger partial charge in [0.15, 0.2) is 25.5 Å². The van der Waals surface area contributed by atoms with E-state index in [0.29, 0.717) is 23.6 Å². The molecular weight excluding hydrogens is 918 g/mol. The second-order valence-corrected chi connectivity index (χ2v) is 22.5. The van der Waals surface area contributed by atoms with Gasteiger partial charge < -0.3 is 0 Å². The van der Waals surface area contributed by atoms with Gasteiger partial charge in [0.1, 0.15) is 46.6 Å². The van der Waals surface area contributed by atoms with E-state index in [9.17, 15) is 48.0 Å². The highest BCUT2D eigenvalue weighted by molar-refractivity contribution is 7.93. The Morgan fingerprint density at radius 2 is 1.62 bits per heavy atom. The maximum absolute atomic E-state index is 15.5. The Balaban J connectivity index is 1.31. The second-order valence-electron chi connectivity index (χ2n) is 17.1. The summed E-state index contributed by atoms with van der Waals surface area (Å²) in [6.45, 7) is 0.894. The van der Waals surface area contributed by atoms with Crippen molar-refractivity contribution in [1.82, 2.24) is 24.5 Å². The van der Waals surface area contributed by atoms with Gasteiger partial charge in [-0.1, -0.05) is 23.6 Å².